The molecule has 1 N–H and O–H groups in total. The molecule has 0 amide bonds. The maximum Gasteiger partial charge on any atom is 0.308 e. The Labute approximate surface area is 144 Å². The van der Waals surface area contributed by atoms with Crippen molar-refractivity contribution in [1.29, 1.82) is 0 Å². The van der Waals surface area contributed by atoms with Gasteiger partial charge in [-0.05, 0) is 43.4 Å². The second kappa shape index (κ2) is 8.09. The molecule has 1 heterocycles. The minimum atomic E-state index is -3.14. The van der Waals surface area contributed by atoms with Gasteiger partial charge in [0.05, 0.1) is 5.75 Å². The largest absolute Gasteiger partial charge is 0.426 e. The molecule has 1 aliphatic heterocycles. The van der Waals surface area contributed by atoms with Gasteiger partial charge < -0.3 is 10.1 Å². The standard InChI is InChI=1S/C17H26N2O4S/c1-13-10-16(11-14(2)17(13)23-15(3)20)12-18-6-9-24(21,22)19-7-4-5-8-19/h10-11,18H,4-9,12H2,1-3H3. The number of ether oxygens (including phenoxy) is 1. The van der Waals surface area contributed by atoms with Gasteiger partial charge in [0.25, 0.3) is 0 Å². The molecule has 1 fully saturated rings. The van der Waals surface area contributed by atoms with Crippen LogP contribution in [0.2, 0.25) is 0 Å². The first-order valence-corrected chi connectivity index (χ1v) is 9.87. The van der Waals surface area contributed by atoms with Crippen LogP contribution < -0.4 is 10.1 Å². The van der Waals surface area contributed by atoms with Crippen molar-refractivity contribution in [2.24, 2.45) is 0 Å². The molecule has 7 heteroatoms. The molecule has 0 bridgehead atoms. The Hall–Kier alpha value is -1.44. The minimum Gasteiger partial charge on any atom is -0.426 e. The summed E-state index contributed by atoms with van der Waals surface area (Å²) < 4.78 is 31.1. The number of carbonyl (C=O) groups excluding carboxylic acids is 1. The van der Waals surface area contributed by atoms with Crippen LogP contribution in [0.3, 0.4) is 0 Å². The first-order valence-electron chi connectivity index (χ1n) is 8.26. The van der Waals surface area contributed by atoms with Crippen molar-refractivity contribution < 1.29 is 17.9 Å². The molecule has 1 saturated heterocycles. The molecule has 0 atom stereocenters. The lowest BCUT2D eigenvalue weighted by molar-refractivity contribution is -0.131. The Balaban J connectivity index is 1.87. The van der Waals surface area contributed by atoms with Crippen molar-refractivity contribution in [3.8, 4) is 5.75 Å². The highest BCUT2D eigenvalue weighted by Gasteiger charge is 2.24. The van der Waals surface area contributed by atoms with Gasteiger partial charge in [-0.3, -0.25) is 4.79 Å². The van der Waals surface area contributed by atoms with Crippen LogP contribution in [0.1, 0.15) is 36.5 Å². The molecule has 0 spiro atoms. The zero-order chi connectivity index (χ0) is 17.7. The number of sulfonamides is 1. The zero-order valence-corrected chi connectivity index (χ0v) is 15.4. The monoisotopic (exact) mass is 354 g/mol. The molecule has 134 valence electrons. The molecule has 24 heavy (non-hydrogen) atoms. The lowest BCUT2D eigenvalue weighted by Crippen LogP contribution is -2.34. The van der Waals surface area contributed by atoms with Crippen LogP contribution in [0.4, 0.5) is 0 Å². The molecule has 1 aromatic rings. The Morgan fingerprint density at radius 1 is 1.21 bits per heavy atom. The summed E-state index contributed by atoms with van der Waals surface area (Å²) in [5.41, 5.74) is 2.83. The van der Waals surface area contributed by atoms with E-state index in [1.54, 1.807) is 4.31 Å². The third-order valence-corrected chi connectivity index (χ3v) is 5.96. The Morgan fingerprint density at radius 2 is 1.79 bits per heavy atom. The lowest BCUT2D eigenvalue weighted by Gasteiger charge is -2.16. The van der Waals surface area contributed by atoms with E-state index in [-0.39, 0.29) is 11.7 Å². The van der Waals surface area contributed by atoms with Gasteiger partial charge in [0.15, 0.2) is 0 Å². The van der Waals surface area contributed by atoms with E-state index >= 15 is 0 Å². The van der Waals surface area contributed by atoms with Crippen LogP contribution in [-0.4, -0.2) is 44.1 Å². The van der Waals surface area contributed by atoms with E-state index in [0.717, 1.165) is 29.5 Å². The van der Waals surface area contributed by atoms with Gasteiger partial charge in [-0.2, -0.15) is 0 Å². The van der Waals surface area contributed by atoms with Crippen molar-refractivity contribution in [2.45, 2.75) is 40.2 Å². The molecule has 0 aromatic heterocycles. The molecule has 1 aliphatic rings. The molecular weight excluding hydrogens is 328 g/mol. The summed E-state index contributed by atoms with van der Waals surface area (Å²) in [4.78, 5) is 11.1. The minimum absolute atomic E-state index is 0.122. The molecule has 1 aromatic carbocycles. The van der Waals surface area contributed by atoms with Gasteiger partial charge >= 0.3 is 5.97 Å². The number of carbonyl (C=O) groups is 1. The molecule has 0 unspecified atom stereocenters. The average Bonchev–Trinajstić information content (AvgIpc) is 3.02. The quantitative estimate of drug-likeness (QED) is 0.459. The summed E-state index contributed by atoms with van der Waals surface area (Å²) in [7, 11) is -3.14. The van der Waals surface area contributed by atoms with Crippen molar-refractivity contribution in [3.05, 3.63) is 28.8 Å². The van der Waals surface area contributed by atoms with Gasteiger partial charge in [-0.15, -0.1) is 0 Å². The second-order valence-electron chi connectivity index (χ2n) is 6.25. The molecule has 0 saturated carbocycles. The fourth-order valence-electron chi connectivity index (χ4n) is 2.98. The third-order valence-electron chi connectivity index (χ3n) is 4.09. The van der Waals surface area contributed by atoms with E-state index in [1.165, 1.54) is 6.92 Å². The van der Waals surface area contributed by atoms with Crippen LogP contribution in [0.15, 0.2) is 12.1 Å². The zero-order valence-electron chi connectivity index (χ0n) is 14.6. The first kappa shape index (κ1) is 18.9. The number of esters is 1. The van der Waals surface area contributed by atoms with E-state index in [2.05, 4.69) is 5.32 Å². The molecule has 0 aliphatic carbocycles. The Bertz CT molecular complexity index is 672. The van der Waals surface area contributed by atoms with E-state index in [1.807, 2.05) is 26.0 Å². The predicted molar refractivity (Wildman–Crippen MR) is 93.5 cm³/mol. The average molecular weight is 354 g/mol. The lowest BCUT2D eigenvalue weighted by atomic mass is 10.1. The summed E-state index contributed by atoms with van der Waals surface area (Å²) >= 11 is 0. The highest BCUT2D eigenvalue weighted by Crippen LogP contribution is 2.25. The van der Waals surface area contributed by atoms with Crippen molar-refractivity contribution >= 4 is 16.0 Å². The van der Waals surface area contributed by atoms with Gasteiger partial charge in [-0.25, -0.2) is 12.7 Å². The maximum absolute atomic E-state index is 12.1. The number of hydrogen-bond donors (Lipinski definition) is 1. The Morgan fingerprint density at radius 3 is 2.33 bits per heavy atom. The smallest absolute Gasteiger partial charge is 0.308 e. The Kier molecular flexibility index (Phi) is 6.37. The summed E-state index contributed by atoms with van der Waals surface area (Å²) in [5.74, 6) is 0.387. The summed E-state index contributed by atoms with van der Waals surface area (Å²) in [6.45, 7) is 7.48. The highest BCUT2D eigenvalue weighted by atomic mass is 32.2. The number of nitrogens with zero attached hydrogens (tertiary/aromatic N) is 1. The van der Waals surface area contributed by atoms with E-state index in [0.29, 0.717) is 31.9 Å². The third kappa shape index (κ3) is 5.03. The SMILES string of the molecule is CC(=O)Oc1c(C)cc(CNCCS(=O)(=O)N2CCCC2)cc1C. The van der Waals surface area contributed by atoms with Crippen molar-refractivity contribution in [3.63, 3.8) is 0 Å². The molecule has 0 radical (unpaired) electrons. The van der Waals surface area contributed by atoms with E-state index in [4.69, 9.17) is 4.74 Å². The van der Waals surface area contributed by atoms with Crippen LogP contribution >= 0.6 is 0 Å². The van der Waals surface area contributed by atoms with Crippen LogP contribution in [-0.2, 0) is 21.4 Å². The van der Waals surface area contributed by atoms with Crippen LogP contribution in [0, 0.1) is 13.8 Å². The molecule has 6 nitrogen and oxygen atoms in total. The molecular formula is C17H26N2O4S. The summed E-state index contributed by atoms with van der Waals surface area (Å²) in [5, 5.41) is 3.18. The van der Waals surface area contributed by atoms with Crippen molar-refractivity contribution in [2.75, 3.05) is 25.4 Å². The summed E-state index contributed by atoms with van der Waals surface area (Å²) in [6, 6.07) is 3.90. The predicted octanol–water partition coefficient (Wildman–Crippen LogP) is 1.74. The van der Waals surface area contributed by atoms with Gasteiger partial charge in [0, 0.05) is 33.1 Å². The maximum atomic E-state index is 12.1. The topological polar surface area (TPSA) is 75.7 Å². The second-order valence-corrected chi connectivity index (χ2v) is 8.34. The van der Waals surface area contributed by atoms with Crippen LogP contribution in [0.25, 0.3) is 0 Å². The number of nitrogens with one attached hydrogen (secondary N) is 1. The van der Waals surface area contributed by atoms with Gasteiger partial charge in [-0.1, -0.05) is 12.1 Å². The van der Waals surface area contributed by atoms with E-state index < -0.39 is 10.0 Å². The highest BCUT2D eigenvalue weighted by molar-refractivity contribution is 7.89. The van der Waals surface area contributed by atoms with Crippen LogP contribution in [0.5, 0.6) is 5.75 Å². The number of benzene rings is 1. The van der Waals surface area contributed by atoms with Gasteiger partial charge in [0.1, 0.15) is 5.75 Å². The number of hydrogen-bond acceptors (Lipinski definition) is 5. The molecule has 2 rings (SSSR count). The number of aryl methyl sites for hydroxylation is 2. The fraction of sp³-hybridized carbons (Fsp3) is 0.588. The fourth-order valence-corrected chi connectivity index (χ4v) is 4.45. The summed E-state index contributed by atoms with van der Waals surface area (Å²) in [6.07, 6.45) is 1.92. The van der Waals surface area contributed by atoms with E-state index in [9.17, 15) is 13.2 Å². The van der Waals surface area contributed by atoms with Crippen molar-refractivity contribution in [1.82, 2.24) is 9.62 Å². The first-order chi connectivity index (χ1) is 11.3. The van der Waals surface area contributed by atoms with Gasteiger partial charge in [0.2, 0.25) is 10.0 Å². The normalized spacial score (nSPS) is 15.6. The number of rotatable bonds is 7.